The molecule has 0 aromatic heterocycles. The molecule has 1 saturated heterocycles. The zero-order chi connectivity index (χ0) is 13.0. The molecule has 1 heterocycles. The van der Waals surface area contributed by atoms with Crippen LogP contribution in [0.25, 0.3) is 0 Å². The lowest BCUT2D eigenvalue weighted by Gasteiger charge is -2.35. The molecule has 18 heavy (non-hydrogen) atoms. The number of amides is 1. The van der Waals surface area contributed by atoms with Crippen molar-refractivity contribution in [2.75, 3.05) is 6.61 Å². The number of carbonyl (C=O) groups excluding carboxylic acids is 1. The molecule has 1 fully saturated rings. The first kappa shape index (κ1) is 12.9. The molecule has 4 heteroatoms. The fourth-order valence-corrected chi connectivity index (χ4v) is 2.15. The third kappa shape index (κ3) is 3.74. The van der Waals surface area contributed by atoms with Crippen molar-refractivity contribution in [3.63, 3.8) is 0 Å². The third-order valence-electron chi connectivity index (χ3n) is 2.97. The average Bonchev–Trinajstić information content (AvgIpc) is 2.28. The van der Waals surface area contributed by atoms with E-state index in [1.54, 1.807) is 12.1 Å². The molecule has 0 bridgehead atoms. The Bertz CT molecular complexity index is 403. The molecular formula is C14H19NO3. The van der Waals surface area contributed by atoms with E-state index in [0.717, 1.165) is 12.8 Å². The van der Waals surface area contributed by atoms with Crippen molar-refractivity contribution in [1.29, 1.82) is 0 Å². The van der Waals surface area contributed by atoms with Crippen LogP contribution in [0.5, 0.6) is 5.75 Å². The lowest BCUT2D eigenvalue weighted by Crippen LogP contribution is -2.46. The molecule has 0 spiro atoms. The summed E-state index contributed by atoms with van der Waals surface area (Å²) in [6, 6.07) is 9.18. The lowest BCUT2D eigenvalue weighted by molar-refractivity contribution is -0.0616. The first-order chi connectivity index (χ1) is 8.55. The first-order valence-electron chi connectivity index (χ1n) is 6.22. The summed E-state index contributed by atoms with van der Waals surface area (Å²) in [6.07, 6.45) is 1.23. The van der Waals surface area contributed by atoms with Crippen LogP contribution < -0.4 is 10.1 Å². The van der Waals surface area contributed by atoms with E-state index in [9.17, 15) is 4.79 Å². The Labute approximate surface area is 107 Å². The van der Waals surface area contributed by atoms with Gasteiger partial charge in [0.25, 0.3) is 0 Å². The Morgan fingerprint density at radius 3 is 2.78 bits per heavy atom. The highest BCUT2D eigenvalue weighted by atomic mass is 16.6. The van der Waals surface area contributed by atoms with E-state index in [1.807, 2.05) is 32.0 Å². The summed E-state index contributed by atoms with van der Waals surface area (Å²) in [6.45, 7) is 4.73. The van der Waals surface area contributed by atoms with Crippen molar-refractivity contribution in [2.24, 2.45) is 0 Å². The summed E-state index contributed by atoms with van der Waals surface area (Å²) in [4.78, 5) is 11.7. The van der Waals surface area contributed by atoms with E-state index in [0.29, 0.717) is 12.4 Å². The monoisotopic (exact) mass is 249 g/mol. The molecule has 0 radical (unpaired) electrons. The number of rotatable bonds is 2. The summed E-state index contributed by atoms with van der Waals surface area (Å²) in [5, 5.41) is 2.88. The van der Waals surface area contributed by atoms with Crippen molar-refractivity contribution in [3.8, 4) is 5.75 Å². The Morgan fingerprint density at radius 1 is 1.39 bits per heavy atom. The normalized spacial score (nSPS) is 22.2. The number of nitrogens with one attached hydrogen (secondary N) is 1. The fraction of sp³-hybridized carbons (Fsp3) is 0.500. The maximum Gasteiger partial charge on any atom is 0.412 e. The molecule has 1 amide bonds. The standard InChI is InChI=1S/C14H19NO3/c1-14(2)10-11(8-9-17-14)15-13(16)18-12-6-4-3-5-7-12/h3-7,11H,8-10H2,1-2H3,(H,15,16). The van der Waals surface area contributed by atoms with Crippen LogP contribution in [0.15, 0.2) is 30.3 Å². The van der Waals surface area contributed by atoms with Crippen LogP contribution in [-0.2, 0) is 4.74 Å². The summed E-state index contributed by atoms with van der Waals surface area (Å²) in [5.41, 5.74) is -0.178. The van der Waals surface area contributed by atoms with Gasteiger partial charge in [0.05, 0.1) is 5.60 Å². The first-order valence-corrected chi connectivity index (χ1v) is 6.22. The molecule has 1 atom stereocenters. The Morgan fingerprint density at radius 2 is 2.11 bits per heavy atom. The van der Waals surface area contributed by atoms with Crippen LogP contribution in [0.1, 0.15) is 26.7 Å². The van der Waals surface area contributed by atoms with Gasteiger partial charge in [-0.25, -0.2) is 4.79 Å². The van der Waals surface area contributed by atoms with Crippen LogP contribution >= 0.6 is 0 Å². The highest BCUT2D eigenvalue weighted by Gasteiger charge is 2.29. The highest BCUT2D eigenvalue weighted by Crippen LogP contribution is 2.24. The zero-order valence-corrected chi connectivity index (χ0v) is 10.8. The molecule has 1 N–H and O–H groups in total. The molecule has 1 aromatic carbocycles. The topological polar surface area (TPSA) is 47.6 Å². The van der Waals surface area contributed by atoms with Crippen LogP contribution in [0.3, 0.4) is 0 Å². The molecule has 2 rings (SSSR count). The smallest absolute Gasteiger partial charge is 0.410 e. The SMILES string of the molecule is CC1(C)CC(NC(=O)Oc2ccccc2)CCO1. The van der Waals surface area contributed by atoms with Crippen LogP contribution in [0, 0.1) is 0 Å². The lowest BCUT2D eigenvalue weighted by atomic mass is 9.94. The molecule has 1 unspecified atom stereocenters. The third-order valence-corrected chi connectivity index (χ3v) is 2.97. The van der Waals surface area contributed by atoms with Crippen LogP contribution in [0.4, 0.5) is 4.79 Å². The number of para-hydroxylation sites is 1. The van der Waals surface area contributed by atoms with E-state index in [1.165, 1.54) is 0 Å². The van der Waals surface area contributed by atoms with Gasteiger partial charge in [-0.2, -0.15) is 0 Å². The molecule has 0 saturated carbocycles. The minimum Gasteiger partial charge on any atom is -0.410 e. The van der Waals surface area contributed by atoms with Gasteiger partial charge in [-0.05, 0) is 38.8 Å². The largest absolute Gasteiger partial charge is 0.412 e. The number of hydrogen-bond acceptors (Lipinski definition) is 3. The molecule has 1 aromatic rings. The molecule has 98 valence electrons. The fourth-order valence-electron chi connectivity index (χ4n) is 2.15. The Balaban J connectivity index is 1.84. The van der Waals surface area contributed by atoms with E-state index in [-0.39, 0.29) is 11.6 Å². The van der Waals surface area contributed by atoms with Gasteiger partial charge in [0.15, 0.2) is 0 Å². The van der Waals surface area contributed by atoms with E-state index in [4.69, 9.17) is 9.47 Å². The molecule has 0 aliphatic carbocycles. The van der Waals surface area contributed by atoms with Gasteiger partial charge >= 0.3 is 6.09 Å². The van der Waals surface area contributed by atoms with Gasteiger partial charge in [-0.15, -0.1) is 0 Å². The average molecular weight is 249 g/mol. The maximum atomic E-state index is 11.7. The van der Waals surface area contributed by atoms with Crippen molar-refractivity contribution in [1.82, 2.24) is 5.32 Å². The van der Waals surface area contributed by atoms with Gasteiger partial charge in [0.1, 0.15) is 5.75 Å². The summed E-state index contributed by atoms with van der Waals surface area (Å²) >= 11 is 0. The van der Waals surface area contributed by atoms with Gasteiger partial charge in [-0.3, -0.25) is 0 Å². The predicted molar refractivity (Wildman–Crippen MR) is 68.7 cm³/mol. The zero-order valence-electron chi connectivity index (χ0n) is 10.8. The maximum absolute atomic E-state index is 11.7. The molecule has 1 aliphatic heterocycles. The molecule has 1 aliphatic rings. The van der Waals surface area contributed by atoms with Gasteiger partial charge in [0, 0.05) is 12.6 Å². The quantitative estimate of drug-likeness (QED) is 0.876. The summed E-state index contributed by atoms with van der Waals surface area (Å²) in [5.74, 6) is 0.557. The number of benzene rings is 1. The predicted octanol–water partition coefficient (Wildman–Crippen LogP) is 2.73. The van der Waals surface area contributed by atoms with Gasteiger partial charge < -0.3 is 14.8 Å². The molecule has 4 nitrogen and oxygen atoms in total. The minimum atomic E-state index is -0.399. The number of hydrogen-bond donors (Lipinski definition) is 1. The Kier molecular flexibility index (Phi) is 3.87. The molecular weight excluding hydrogens is 230 g/mol. The van der Waals surface area contributed by atoms with E-state index >= 15 is 0 Å². The highest BCUT2D eigenvalue weighted by molar-refractivity contribution is 5.70. The van der Waals surface area contributed by atoms with Crippen molar-refractivity contribution >= 4 is 6.09 Å². The van der Waals surface area contributed by atoms with E-state index in [2.05, 4.69) is 5.32 Å². The number of carbonyl (C=O) groups is 1. The van der Waals surface area contributed by atoms with Crippen molar-refractivity contribution in [2.45, 2.75) is 38.3 Å². The van der Waals surface area contributed by atoms with E-state index < -0.39 is 6.09 Å². The van der Waals surface area contributed by atoms with Gasteiger partial charge in [0.2, 0.25) is 0 Å². The second-order valence-electron chi connectivity index (χ2n) is 5.14. The van der Waals surface area contributed by atoms with Crippen molar-refractivity contribution < 1.29 is 14.3 Å². The van der Waals surface area contributed by atoms with Gasteiger partial charge in [-0.1, -0.05) is 18.2 Å². The van der Waals surface area contributed by atoms with Crippen LogP contribution in [-0.4, -0.2) is 24.3 Å². The Hall–Kier alpha value is -1.55. The number of ether oxygens (including phenoxy) is 2. The summed E-state index contributed by atoms with van der Waals surface area (Å²) < 4.78 is 10.8. The second kappa shape index (κ2) is 5.40. The second-order valence-corrected chi connectivity index (χ2v) is 5.14. The summed E-state index contributed by atoms with van der Waals surface area (Å²) in [7, 11) is 0. The van der Waals surface area contributed by atoms with Crippen LogP contribution in [0.2, 0.25) is 0 Å². The minimum absolute atomic E-state index is 0.116. The van der Waals surface area contributed by atoms with Crippen molar-refractivity contribution in [3.05, 3.63) is 30.3 Å².